The topological polar surface area (TPSA) is 87.8 Å². The van der Waals surface area contributed by atoms with Crippen LogP contribution in [0.1, 0.15) is 25.8 Å². The van der Waals surface area contributed by atoms with Gasteiger partial charge in [0, 0.05) is 6.54 Å². The average molecular weight is 392 g/mol. The van der Waals surface area contributed by atoms with Crippen LogP contribution in [-0.2, 0) is 11.3 Å². The third kappa shape index (κ3) is 4.07. The van der Waals surface area contributed by atoms with Gasteiger partial charge in [0.1, 0.15) is 6.07 Å². The van der Waals surface area contributed by atoms with Gasteiger partial charge in [-0.3, -0.25) is 14.2 Å². The number of nitrogens with zero attached hydrogens (tertiary/aromatic N) is 3. The zero-order valence-electron chi connectivity index (χ0n) is 15.7. The van der Waals surface area contributed by atoms with Crippen molar-refractivity contribution in [3.63, 3.8) is 0 Å². The van der Waals surface area contributed by atoms with Gasteiger partial charge in [0.2, 0.25) is 5.91 Å². The lowest BCUT2D eigenvalue weighted by Gasteiger charge is -2.16. The van der Waals surface area contributed by atoms with Gasteiger partial charge in [-0.25, -0.2) is 4.98 Å². The Hall–Kier alpha value is -3.11. The Morgan fingerprint density at radius 2 is 1.96 bits per heavy atom. The maximum absolute atomic E-state index is 12.8. The van der Waals surface area contributed by atoms with Crippen molar-refractivity contribution in [3.8, 4) is 6.07 Å². The van der Waals surface area contributed by atoms with Crippen molar-refractivity contribution in [1.82, 2.24) is 9.55 Å². The number of nitriles is 1. The van der Waals surface area contributed by atoms with E-state index in [9.17, 15) is 14.9 Å². The second-order valence-corrected chi connectivity index (χ2v) is 7.58. The summed E-state index contributed by atoms with van der Waals surface area (Å²) in [6, 6.07) is 16.1. The van der Waals surface area contributed by atoms with Gasteiger partial charge in [-0.05, 0) is 37.6 Å². The largest absolute Gasteiger partial charge is 0.324 e. The monoisotopic (exact) mass is 392 g/mol. The SMILES string of the molecule is CCCn1c(S[C@H](C)C(=O)Nc2ccccc2C#N)nc2ccccc2c1=O. The van der Waals surface area contributed by atoms with Crippen LogP contribution in [0.3, 0.4) is 0 Å². The van der Waals surface area contributed by atoms with Crippen molar-refractivity contribution in [2.45, 2.75) is 37.2 Å². The Morgan fingerprint density at radius 1 is 1.25 bits per heavy atom. The summed E-state index contributed by atoms with van der Waals surface area (Å²) in [6.45, 7) is 4.28. The standard InChI is InChI=1S/C21H20N4O2S/c1-3-12-25-20(27)16-9-5-7-11-18(16)24-21(25)28-14(2)19(26)23-17-10-6-4-8-15(17)13-22/h4-11,14H,3,12H2,1-2H3,(H,23,26)/t14-/m1/s1. The van der Waals surface area contributed by atoms with Crippen LogP contribution in [0.2, 0.25) is 0 Å². The fourth-order valence-electron chi connectivity index (χ4n) is 2.79. The first-order valence-electron chi connectivity index (χ1n) is 9.01. The van der Waals surface area contributed by atoms with E-state index in [1.807, 2.05) is 19.1 Å². The highest BCUT2D eigenvalue weighted by molar-refractivity contribution is 8.00. The number of hydrogen-bond acceptors (Lipinski definition) is 5. The average Bonchev–Trinajstić information content (AvgIpc) is 2.71. The van der Waals surface area contributed by atoms with E-state index in [-0.39, 0.29) is 11.5 Å². The second-order valence-electron chi connectivity index (χ2n) is 6.28. The van der Waals surface area contributed by atoms with Crippen LogP contribution in [0.15, 0.2) is 58.5 Å². The fraction of sp³-hybridized carbons (Fsp3) is 0.238. The van der Waals surface area contributed by atoms with Crippen LogP contribution in [0.25, 0.3) is 10.9 Å². The molecule has 0 saturated heterocycles. The number of para-hydroxylation sites is 2. The van der Waals surface area contributed by atoms with Gasteiger partial charge in [-0.15, -0.1) is 0 Å². The number of benzene rings is 2. The molecule has 0 aliphatic carbocycles. The van der Waals surface area contributed by atoms with Gasteiger partial charge >= 0.3 is 0 Å². The highest BCUT2D eigenvalue weighted by Gasteiger charge is 2.20. The van der Waals surface area contributed by atoms with Gasteiger partial charge < -0.3 is 5.32 Å². The van der Waals surface area contributed by atoms with Gasteiger partial charge in [0.05, 0.1) is 27.4 Å². The Labute approximate surface area is 167 Å². The third-order valence-corrected chi connectivity index (χ3v) is 5.32. The lowest BCUT2D eigenvalue weighted by atomic mass is 10.2. The molecule has 0 aliphatic heterocycles. The molecule has 1 aromatic heterocycles. The van der Waals surface area contributed by atoms with Crippen LogP contribution in [0.5, 0.6) is 0 Å². The van der Waals surface area contributed by atoms with Crippen molar-refractivity contribution in [2.24, 2.45) is 0 Å². The van der Waals surface area contributed by atoms with E-state index >= 15 is 0 Å². The van der Waals surface area contributed by atoms with Crippen LogP contribution in [0, 0.1) is 11.3 Å². The first kappa shape index (κ1) is 19.6. The summed E-state index contributed by atoms with van der Waals surface area (Å²) in [7, 11) is 0. The number of fused-ring (bicyclic) bond motifs is 1. The molecular formula is C21H20N4O2S. The molecule has 0 spiro atoms. The van der Waals surface area contributed by atoms with Gasteiger partial charge in [0.25, 0.3) is 5.56 Å². The van der Waals surface area contributed by atoms with Gasteiger partial charge in [0.15, 0.2) is 5.16 Å². The predicted molar refractivity (Wildman–Crippen MR) is 111 cm³/mol. The van der Waals surface area contributed by atoms with E-state index < -0.39 is 5.25 Å². The molecule has 0 aliphatic rings. The molecule has 1 atom stereocenters. The molecule has 0 bridgehead atoms. The summed E-state index contributed by atoms with van der Waals surface area (Å²) in [6.07, 6.45) is 0.781. The minimum Gasteiger partial charge on any atom is -0.324 e. The van der Waals surface area contributed by atoms with Crippen molar-refractivity contribution < 1.29 is 4.79 Å². The summed E-state index contributed by atoms with van der Waals surface area (Å²) in [5.74, 6) is -0.252. The van der Waals surface area contributed by atoms with E-state index in [0.29, 0.717) is 33.9 Å². The lowest BCUT2D eigenvalue weighted by molar-refractivity contribution is -0.115. The maximum Gasteiger partial charge on any atom is 0.262 e. The Morgan fingerprint density at radius 3 is 2.71 bits per heavy atom. The molecule has 6 nitrogen and oxygen atoms in total. The Balaban J connectivity index is 1.89. The molecule has 0 unspecified atom stereocenters. The number of nitrogens with one attached hydrogen (secondary N) is 1. The summed E-state index contributed by atoms with van der Waals surface area (Å²) in [5, 5.41) is 12.6. The molecule has 142 valence electrons. The van der Waals surface area contributed by atoms with Gasteiger partial charge in [-0.2, -0.15) is 5.26 Å². The number of hydrogen-bond donors (Lipinski definition) is 1. The molecule has 3 aromatic rings. The number of rotatable bonds is 6. The van der Waals surface area contributed by atoms with E-state index in [2.05, 4.69) is 16.4 Å². The lowest BCUT2D eigenvalue weighted by Crippen LogP contribution is -2.27. The summed E-state index contributed by atoms with van der Waals surface area (Å²) in [5.41, 5.74) is 1.39. The number of thioether (sulfide) groups is 1. The molecule has 2 aromatic carbocycles. The normalized spacial score (nSPS) is 11.8. The number of aromatic nitrogens is 2. The predicted octanol–water partition coefficient (Wildman–Crippen LogP) is 3.80. The zero-order valence-corrected chi connectivity index (χ0v) is 16.5. The number of carbonyl (C=O) groups excluding carboxylic acids is 1. The molecule has 7 heteroatoms. The molecule has 1 heterocycles. The van der Waals surface area contributed by atoms with Crippen LogP contribution >= 0.6 is 11.8 Å². The minimum absolute atomic E-state index is 0.0996. The van der Waals surface area contributed by atoms with E-state index in [4.69, 9.17) is 0 Å². The molecule has 1 amide bonds. The van der Waals surface area contributed by atoms with Crippen molar-refractivity contribution in [1.29, 1.82) is 5.26 Å². The van der Waals surface area contributed by atoms with Crippen molar-refractivity contribution in [3.05, 3.63) is 64.4 Å². The Bertz CT molecular complexity index is 1120. The molecule has 0 radical (unpaired) electrons. The van der Waals surface area contributed by atoms with Crippen molar-refractivity contribution in [2.75, 3.05) is 5.32 Å². The number of amides is 1. The van der Waals surface area contributed by atoms with Crippen LogP contribution in [-0.4, -0.2) is 20.7 Å². The first-order valence-corrected chi connectivity index (χ1v) is 9.89. The van der Waals surface area contributed by atoms with Crippen molar-refractivity contribution >= 4 is 34.3 Å². The summed E-state index contributed by atoms with van der Waals surface area (Å²) in [4.78, 5) is 30.1. The maximum atomic E-state index is 12.8. The zero-order chi connectivity index (χ0) is 20.1. The fourth-order valence-corrected chi connectivity index (χ4v) is 3.73. The number of carbonyl (C=O) groups is 1. The van der Waals surface area contributed by atoms with Crippen LogP contribution < -0.4 is 10.9 Å². The Kier molecular flexibility index (Phi) is 6.12. The highest BCUT2D eigenvalue weighted by atomic mass is 32.2. The van der Waals surface area contributed by atoms with Gasteiger partial charge in [-0.1, -0.05) is 43.0 Å². The molecule has 0 fully saturated rings. The third-order valence-electron chi connectivity index (χ3n) is 4.23. The summed E-state index contributed by atoms with van der Waals surface area (Å²) >= 11 is 1.24. The number of anilines is 1. The minimum atomic E-state index is -0.497. The summed E-state index contributed by atoms with van der Waals surface area (Å²) < 4.78 is 1.63. The van der Waals surface area contributed by atoms with E-state index in [1.54, 1.807) is 47.9 Å². The second kappa shape index (κ2) is 8.72. The van der Waals surface area contributed by atoms with Crippen LogP contribution in [0.4, 0.5) is 5.69 Å². The smallest absolute Gasteiger partial charge is 0.262 e. The molecule has 28 heavy (non-hydrogen) atoms. The molecule has 3 rings (SSSR count). The quantitative estimate of drug-likeness (QED) is 0.509. The van der Waals surface area contributed by atoms with E-state index in [1.165, 1.54) is 11.8 Å². The first-order chi connectivity index (χ1) is 13.5. The molecule has 1 N–H and O–H groups in total. The molecule has 0 saturated carbocycles. The highest BCUT2D eigenvalue weighted by Crippen LogP contribution is 2.24. The molecular weight excluding hydrogens is 372 g/mol. The van der Waals surface area contributed by atoms with E-state index in [0.717, 1.165) is 6.42 Å².